The Morgan fingerprint density at radius 3 is 0.952 bits per heavy atom. The summed E-state index contributed by atoms with van der Waals surface area (Å²) in [7, 11) is 0. The van der Waals surface area contributed by atoms with Crippen LogP contribution < -0.4 is 0 Å². The molecule has 0 heterocycles. The van der Waals surface area contributed by atoms with E-state index in [1.807, 2.05) is 0 Å². The van der Waals surface area contributed by atoms with Crippen molar-refractivity contribution in [3.05, 3.63) is 0 Å². The van der Waals surface area contributed by atoms with Gasteiger partial charge in [0.1, 0.15) is 0 Å². The quantitative estimate of drug-likeness (QED) is 0.490. The van der Waals surface area contributed by atoms with E-state index in [2.05, 4.69) is 19.4 Å². The Balaban J connectivity index is 0. The van der Waals surface area contributed by atoms with E-state index in [-0.39, 0.29) is 48.7 Å². The first-order chi connectivity index (χ1) is 9.20. The van der Waals surface area contributed by atoms with Gasteiger partial charge >= 0.3 is 23.9 Å². The van der Waals surface area contributed by atoms with Crippen molar-refractivity contribution in [3.8, 4) is 0 Å². The van der Waals surface area contributed by atoms with Crippen molar-refractivity contribution in [2.24, 2.45) is 0 Å². The van der Waals surface area contributed by atoms with E-state index in [0.29, 0.717) is 10.5 Å². The first-order valence-corrected chi connectivity index (χ1v) is 5.50. The summed E-state index contributed by atoms with van der Waals surface area (Å²) in [5, 5.41) is 1.15. The Morgan fingerprint density at radius 1 is 0.619 bits per heavy atom. The van der Waals surface area contributed by atoms with Crippen molar-refractivity contribution in [2.45, 2.75) is 27.7 Å². The molecular formula is C10H16LaN2O8. The second kappa shape index (κ2) is 11.6. The first-order valence-electron chi connectivity index (χ1n) is 5.50. The van der Waals surface area contributed by atoms with E-state index in [4.69, 9.17) is 0 Å². The molecule has 0 amide bonds. The molecule has 0 aromatic carbocycles. The largest absolute Gasteiger partial charge is 0.333 e. The third-order valence-corrected chi connectivity index (χ3v) is 1.39. The smallest absolute Gasteiger partial charge is 0.326 e. The van der Waals surface area contributed by atoms with E-state index in [1.165, 1.54) is 0 Å². The molecule has 0 fully saturated rings. The van der Waals surface area contributed by atoms with Crippen LogP contribution >= 0.6 is 0 Å². The van der Waals surface area contributed by atoms with Crippen LogP contribution in [0.15, 0.2) is 0 Å². The summed E-state index contributed by atoms with van der Waals surface area (Å²) < 4.78 is 0. The monoisotopic (exact) mass is 431 g/mol. The van der Waals surface area contributed by atoms with E-state index in [9.17, 15) is 19.2 Å². The van der Waals surface area contributed by atoms with Crippen LogP contribution in [0.4, 0.5) is 0 Å². The number of carbonyl (C=O) groups is 4. The fraction of sp³-hybridized carbons (Fsp3) is 0.600. The molecule has 21 heavy (non-hydrogen) atoms. The minimum absolute atomic E-state index is 0. The Labute approximate surface area is 149 Å². The van der Waals surface area contributed by atoms with Crippen LogP contribution in [-0.4, -0.2) is 47.4 Å². The average molecular weight is 431 g/mol. The second-order valence-corrected chi connectivity index (χ2v) is 3.44. The SMILES string of the molecule is CC(=O)ON(CCN(OC(C)=O)OC(C)=O)OC(C)=O.[La]. The average Bonchev–Trinajstić information content (AvgIpc) is 2.22. The van der Waals surface area contributed by atoms with Gasteiger partial charge in [-0.1, -0.05) is 0 Å². The summed E-state index contributed by atoms with van der Waals surface area (Å²) in [4.78, 5) is 61.4. The molecule has 0 spiro atoms. The number of carbonyl (C=O) groups excluding carboxylic acids is 4. The molecule has 0 bridgehead atoms. The zero-order valence-electron chi connectivity index (χ0n) is 12.2. The topological polar surface area (TPSA) is 112 Å². The first kappa shape index (κ1) is 22.3. The number of rotatable bonds is 7. The fourth-order valence-electron chi connectivity index (χ4n) is 0.957. The van der Waals surface area contributed by atoms with Crippen LogP contribution in [0.2, 0.25) is 0 Å². The molecule has 0 aliphatic carbocycles. The van der Waals surface area contributed by atoms with Gasteiger partial charge in [-0.25, -0.2) is 0 Å². The minimum atomic E-state index is -0.724. The zero-order chi connectivity index (χ0) is 15.7. The van der Waals surface area contributed by atoms with Gasteiger partial charge in [0.05, 0.1) is 13.1 Å². The van der Waals surface area contributed by atoms with Gasteiger partial charge in [0.15, 0.2) is 0 Å². The third-order valence-electron chi connectivity index (χ3n) is 1.39. The maximum absolute atomic E-state index is 10.8. The summed E-state index contributed by atoms with van der Waals surface area (Å²) in [6.07, 6.45) is 0. The maximum atomic E-state index is 10.8. The molecule has 0 N–H and O–H groups in total. The van der Waals surface area contributed by atoms with Gasteiger partial charge in [-0.3, -0.25) is 19.2 Å². The van der Waals surface area contributed by atoms with Crippen molar-refractivity contribution in [2.75, 3.05) is 13.1 Å². The van der Waals surface area contributed by atoms with Gasteiger partial charge in [0.25, 0.3) is 0 Å². The molecule has 0 rings (SSSR count). The Kier molecular flexibility index (Phi) is 12.3. The van der Waals surface area contributed by atoms with Gasteiger partial charge < -0.3 is 19.4 Å². The summed E-state index contributed by atoms with van der Waals surface area (Å²) in [5.41, 5.74) is 0. The van der Waals surface area contributed by atoms with Crippen molar-refractivity contribution in [3.63, 3.8) is 0 Å². The van der Waals surface area contributed by atoms with Gasteiger partial charge in [0.2, 0.25) is 0 Å². The molecule has 0 unspecified atom stereocenters. The van der Waals surface area contributed by atoms with Gasteiger partial charge in [-0.05, 0) is 0 Å². The summed E-state index contributed by atoms with van der Waals surface area (Å²) in [6, 6.07) is 0. The molecule has 10 nitrogen and oxygen atoms in total. The second-order valence-electron chi connectivity index (χ2n) is 3.44. The number of hydroxylamine groups is 4. The number of nitrogens with zero attached hydrogens (tertiary/aromatic N) is 2. The third kappa shape index (κ3) is 13.7. The van der Waals surface area contributed by atoms with E-state index in [0.717, 1.165) is 27.7 Å². The van der Waals surface area contributed by atoms with Crippen LogP contribution in [0.1, 0.15) is 27.7 Å². The zero-order valence-corrected chi connectivity index (χ0v) is 15.8. The molecule has 0 aromatic rings. The maximum Gasteiger partial charge on any atom is 0.326 e. The molecule has 0 saturated heterocycles. The Morgan fingerprint density at radius 2 is 0.810 bits per heavy atom. The molecule has 117 valence electrons. The molecule has 0 atom stereocenters. The van der Waals surface area contributed by atoms with E-state index >= 15 is 0 Å². The predicted octanol–water partition coefficient (Wildman–Crippen LogP) is -0.497. The summed E-state index contributed by atoms with van der Waals surface area (Å²) in [5.74, 6) is -2.90. The molecule has 0 aliphatic rings. The Hall–Kier alpha value is -1.01. The molecule has 0 saturated carbocycles. The van der Waals surface area contributed by atoms with Gasteiger partial charge in [-0.15, -0.1) is 0 Å². The summed E-state index contributed by atoms with van der Waals surface area (Å²) in [6.45, 7) is 3.97. The van der Waals surface area contributed by atoms with Crippen LogP contribution in [0.3, 0.4) is 0 Å². The van der Waals surface area contributed by atoms with E-state index < -0.39 is 23.9 Å². The number of hydrogen-bond donors (Lipinski definition) is 0. The molecule has 0 aliphatic heterocycles. The summed E-state index contributed by atoms with van der Waals surface area (Å²) >= 11 is 0. The van der Waals surface area contributed by atoms with Crippen LogP contribution in [-0.2, 0) is 38.5 Å². The molecule has 0 aromatic heterocycles. The van der Waals surface area contributed by atoms with E-state index in [1.54, 1.807) is 0 Å². The minimum Gasteiger partial charge on any atom is -0.333 e. The van der Waals surface area contributed by atoms with Crippen molar-refractivity contribution >= 4 is 23.9 Å². The van der Waals surface area contributed by atoms with Crippen LogP contribution in [0, 0.1) is 35.6 Å². The predicted molar refractivity (Wildman–Crippen MR) is 60.5 cm³/mol. The Bertz CT molecular complexity index is 321. The standard InChI is InChI=1S/C10H16N2O8.La/c1-7(13)17-11(18-8(2)14)5-6-12(19-9(3)15)20-10(4)16;/h5-6H2,1-4H3;. The van der Waals surface area contributed by atoms with Gasteiger partial charge in [-0.2, -0.15) is 0 Å². The fourth-order valence-corrected chi connectivity index (χ4v) is 0.957. The van der Waals surface area contributed by atoms with Gasteiger partial charge in [0, 0.05) is 73.7 Å². The van der Waals surface area contributed by atoms with Crippen LogP contribution in [0.5, 0.6) is 0 Å². The van der Waals surface area contributed by atoms with Crippen molar-refractivity contribution < 1.29 is 74.1 Å². The molecule has 1 radical (unpaired) electrons. The van der Waals surface area contributed by atoms with Crippen molar-refractivity contribution in [1.29, 1.82) is 0 Å². The number of hydrogen-bond acceptors (Lipinski definition) is 10. The molecular weight excluding hydrogens is 415 g/mol. The molecule has 11 heteroatoms. The normalized spacial score (nSPS) is 9.62. The van der Waals surface area contributed by atoms with Crippen molar-refractivity contribution in [1.82, 2.24) is 10.5 Å². The van der Waals surface area contributed by atoms with Crippen LogP contribution in [0.25, 0.3) is 0 Å².